The molecule has 0 amide bonds. The third-order valence-corrected chi connectivity index (χ3v) is 4.82. The molecular weight excluding hydrogens is 316 g/mol. The molecule has 1 aliphatic heterocycles. The molecule has 1 aliphatic rings. The quantitative estimate of drug-likeness (QED) is 0.717. The standard InChI is InChI=1S/C18H24N6O/c1-11-9-23(10-12(2)25-11)18-13(3)14(4)20-16-8-15(21-24(16)18)17-19-6-7-22(17)5/h6-8,11-12H,9-10H2,1-5H3. The first-order valence-electron chi connectivity index (χ1n) is 8.69. The highest BCUT2D eigenvalue weighted by Crippen LogP contribution is 2.28. The van der Waals surface area contributed by atoms with Crippen LogP contribution in [0.15, 0.2) is 18.5 Å². The first-order chi connectivity index (χ1) is 11.9. The minimum atomic E-state index is 0.191. The summed E-state index contributed by atoms with van der Waals surface area (Å²) in [6.07, 6.45) is 4.10. The molecule has 3 aromatic heterocycles. The zero-order valence-corrected chi connectivity index (χ0v) is 15.4. The fraction of sp³-hybridized carbons (Fsp3) is 0.500. The van der Waals surface area contributed by atoms with Crippen LogP contribution in [0.1, 0.15) is 25.1 Å². The predicted molar refractivity (Wildman–Crippen MR) is 96.9 cm³/mol. The Bertz CT molecular complexity index is 917. The fourth-order valence-corrected chi connectivity index (χ4v) is 3.63. The van der Waals surface area contributed by atoms with E-state index in [0.29, 0.717) is 0 Å². The lowest BCUT2D eigenvalue weighted by molar-refractivity contribution is -0.00561. The molecule has 4 heterocycles. The van der Waals surface area contributed by atoms with Gasteiger partial charge in [0.25, 0.3) is 0 Å². The number of anilines is 1. The topological polar surface area (TPSA) is 60.5 Å². The van der Waals surface area contributed by atoms with E-state index >= 15 is 0 Å². The van der Waals surface area contributed by atoms with Gasteiger partial charge in [-0.15, -0.1) is 0 Å². The summed E-state index contributed by atoms with van der Waals surface area (Å²) >= 11 is 0. The smallest absolute Gasteiger partial charge is 0.160 e. The molecule has 2 unspecified atom stereocenters. The van der Waals surface area contributed by atoms with Crippen molar-refractivity contribution >= 4 is 11.5 Å². The fourth-order valence-electron chi connectivity index (χ4n) is 3.63. The number of rotatable bonds is 2. The Morgan fingerprint density at radius 1 is 1.16 bits per heavy atom. The van der Waals surface area contributed by atoms with Crippen LogP contribution >= 0.6 is 0 Å². The monoisotopic (exact) mass is 340 g/mol. The molecule has 1 fully saturated rings. The van der Waals surface area contributed by atoms with E-state index in [9.17, 15) is 0 Å². The minimum Gasteiger partial charge on any atom is -0.372 e. The molecule has 1 saturated heterocycles. The number of imidazole rings is 1. The lowest BCUT2D eigenvalue weighted by Gasteiger charge is -2.37. The van der Waals surface area contributed by atoms with Crippen LogP contribution < -0.4 is 4.90 Å². The molecule has 2 atom stereocenters. The van der Waals surface area contributed by atoms with Gasteiger partial charge in [0.05, 0.1) is 12.2 Å². The Morgan fingerprint density at radius 3 is 2.52 bits per heavy atom. The van der Waals surface area contributed by atoms with Gasteiger partial charge in [0.1, 0.15) is 11.5 Å². The number of hydrogen-bond acceptors (Lipinski definition) is 5. The lowest BCUT2D eigenvalue weighted by atomic mass is 10.2. The van der Waals surface area contributed by atoms with Crippen LogP contribution in [0.5, 0.6) is 0 Å². The number of aromatic nitrogens is 5. The number of ether oxygens (including phenoxy) is 1. The zero-order valence-electron chi connectivity index (χ0n) is 15.4. The van der Waals surface area contributed by atoms with Crippen molar-refractivity contribution in [3.05, 3.63) is 29.7 Å². The van der Waals surface area contributed by atoms with Gasteiger partial charge in [0, 0.05) is 49.9 Å². The van der Waals surface area contributed by atoms with Gasteiger partial charge in [-0.1, -0.05) is 0 Å². The maximum absolute atomic E-state index is 5.90. The molecule has 0 bridgehead atoms. The highest BCUT2D eigenvalue weighted by atomic mass is 16.5. The Balaban J connectivity index is 1.89. The van der Waals surface area contributed by atoms with Crippen LogP contribution in [0.25, 0.3) is 17.2 Å². The van der Waals surface area contributed by atoms with Crippen molar-refractivity contribution < 1.29 is 4.74 Å². The molecule has 4 rings (SSSR count). The summed E-state index contributed by atoms with van der Waals surface area (Å²) in [5.41, 5.74) is 3.87. The van der Waals surface area contributed by atoms with Gasteiger partial charge in [-0.2, -0.15) is 9.61 Å². The summed E-state index contributed by atoms with van der Waals surface area (Å²) in [4.78, 5) is 11.5. The molecule has 0 spiro atoms. The number of morpholine rings is 1. The van der Waals surface area contributed by atoms with E-state index in [2.05, 4.69) is 37.6 Å². The Kier molecular flexibility index (Phi) is 3.76. The minimum absolute atomic E-state index is 0.191. The van der Waals surface area contributed by atoms with E-state index in [1.165, 1.54) is 0 Å². The van der Waals surface area contributed by atoms with Crippen molar-refractivity contribution in [2.24, 2.45) is 7.05 Å². The zero-order chi connectivity index (χ0) is 17.7. The summed E-state index contributed by atoms with van der Waals surface area (Å²) in [6.45, 7) is 10.1. The van der Waals surface area contributed by atoms with Gasteiger partial charge in [-0.05, 0) is 27.7 Å². The normalized spacial score (nSPS) is 21.2. The number of fused-ring (bicyclic) bond motifs is 1. The summed E-state index contributed by atoms with van der Waals surface area (Å²) in [7, 11) is 1.97. The van der Waals surface area contributed by atoms with Crippen LogP contribution in [-0.4, -0.2) is 49.4 Å². The molecule has 25 heavy (non-hydrogen) atoms. The maximum Gasteiger partial charge on any atom is 0.160 e. The number of hydrogen-bond donors (Lipinski definition) is 0. The maximum atomic E-state index is 5.90. The van der Waals surface area contributed by atoms with E-state index in [4.69, 9.17) is 14.8 Å². The second kappa shape index (κ2) is 5.84. The molecule has 3 aromatic rings. The van der Waals surface area contributed by atoms with Gasteiger partial charge < -0.3 is 14.2 Å². The predicted octanol–water partition coefficient (Wildman–Crippen LogP) is 2.36. The Hall–Kier alpha value is -2.41. The molecule has 7 nitrogen and oxygen atoms in total. The molecule has 7 heteroatoms. The number of aryl methyl sites for hydroxylation is 2. The summed E-state index contributed by atoms with van der Waals surface area (Å²) in [5.74, 6) is 1.94. The Morgan fingerprint density at radius 2 is 1.88 bits per heavy atom. The third-order valence-electron chi connectivity index (χ3n) is 4.82. The van der Waals surface area contributed by atoms with Crippen LogP contribution in [0.3, 0.4) is 0 Å². The van der Waals surface area contributed by atoms with Crippen molar-refractivity contribution in [1.29, 1.82) is 0 Å². The van der Waals surface area contributed by atoms with Gasteiger partial charge in [0.15, 0.2) is 11.5 Å². The third kappa shape index (κ3) is 2.68. The molecule has 132 valence electrons. The van der Waals surface area contributed by atoms with Crippen molar-refractivity contribution in [3.8, 4) is 11.5 Å². The summed E-state index contributed by atoms with van der Waals surface area (Å²) < 4.78 is 9.83. The second-order valence-electron chi connectivity index (χ2n) is 6.97. The molecule has 0 aliphatic carbocycles. The first-order valence-corrected chi connectivity index (χ1v) is 8.69. The summed E-state index contributed by atoms with van der Waals surface area (Å²) in [6, 6.07) is 2.01. The van der Waals surface area contributed by atoms with Gasteiger partial charge in [-0.25, -0.2) is 9.97 Å². The van der Waals surface area contributed by atoms with Crippen LogP contribution in [0, 0.1) is 13.8 Å². The number of nitrogens with zero attached hydrogens (tertiary/aromatic N) is 6. The molecule has 0 saturated carbocycles. The molecule has 0 aromatic carbocycles. The van der Waals surface area contributed by atoms with Crippen LogP contribution in [0.2, 0.25) is 0 Å². The van der Waals surface area contributed by atoms with Crippen molar-refractivity contribution in [3.63, 3.8) is 0 Å². The average molecular weight is 340 g/mol. The molecule has 0 N–H and O–H groups in total. The highest BCUT2D eigenvalue weighted by molar-refractivity contribution is 5.63. The van der Waals surface area contributed by atoms with Crippen LogP contribution in [0.4, 0.5) is 5.82 Å². The largest absolute Gasteiger partial charge is 0.372 e. The van der Waals surface area contributed by atoms with Gasteiger partial charge in [-0.3, -0.25) is 0 Å². The van der Waals surface area contributed by atoms with Crippen molar-refractivity contribution in [2.75, 3.05) is 18.0 Å². The molecule has 0 radical (unpaired) electrons. The lowest BCUT2D eigenvalue weighted by Crippen LogP contribution is -2.46. The van der Waals surface area contributed by atoms with Crippen LogP contribution in [-0.2, 0) is 11.8 Å². The Labute approximate surface area is 147 Å². The average Bonchev–Trinajstić information content (AvgIpc) is 3.13. The first kappa shape index (κ1) is 16.1. The van der Waals surface area contributed by atoms with Gasteiger partial charge in [0.2, 0.25) is 0 Å². The van der Waals surface area contributed by atoms with E-state index in [1.807, 2.05) is 28.4 Å². The van der Waals surface area contributed by atoms with Crippen molar-refractivity contribution in [1.82, 2.24) is 24.1 Å². The van der Waals surface area contributed by atoms with Gasteiger partial charge >= 0.3 is 0 Å². The molecular formula is C18H24N6O. The summed E-state index contributed by atoms with van der Waals surface area (Å²) in [5, 5.41) is 4.83. The van der Waals surface area contributed by atoms with E-state index in [0.717, 1.165) is 47.3 Å². The SMILES string of the molecule is Cc1nc2cc(-c3nccn3C)nn2c(N2CC(C)OC(C)C2)c1C. The second-order valence-corrected chi connectivity index (χ2v) is 6.97. The van der Waals surface area contributed by atoms with Crippen molar-refractivity contribution in [2.45, 2.75) is 39.9 Å². The highest BCUT2D eigenvalue weighted by Gasteiger charge is 2.27. The van der Waals surface area contributed by atoms with E-state index in [1.54, 1.807) is 6.20 Å². The van der Waals surface area contributed by atoms with E-state index < -0.39 is 0 Å². The van der Waals surface area contributed by atoms with E-state index in [-0.39, 0.29) is 12.2 Å².